The normalized spacial score (nSPS) is 21.0. The van der Waals surface area contributed by atoms with Gasteiger partial charge in [-0.15, -0.1) is 0 Å². The predicted molar refractivity (Wildman–Crippen MR) is 111 cm³/mol. The molecule has 1 aliphatic carbocycles. The van der Waals surface area contributed by atoms with E-state index in [-0.39, 0.29) is 42.1 Å². The molecule has 2 atom stereocenters. The van der Waals surface area contributed by atoms with E-state index in [2.05, 4.69) is 19.2 Å². The third-order valence-electron chi connectivity index (χ3n) is 5.59. The molecule has 0 aromatic heterocycles. The molecule has 2 aliphatic rings. The summed E-state index contributed by atoms with van der Waals surface area (Å²) < 4.78 is 13.3. The highest BCUT2D eigenvalue weighted by atomic mass is 19.1. The number of amides is 3. The third kappa shape index (κ3) is 5.16. The fourth-order valence-corrected chi connectivity index (χ4v) is 3.96. The molecule has 1 aliphatic heterocycles. The number of hydrogen-bond donors (Lipinski definition) is 2. The smallest absolute Gasteiger partial charge is 0.254 e. The van der Waals surface area contributed by atoms with Gasteiger partial charge in [0, 0.05) is 37.7 Å². The van der Waals surface area contributed by atoms with E-state index in [1.807, 2.05) is 4.90 Å². The molecule has 0 radical (unpaired) electrons. The van der Waals surface area contributed by atoms with Crippen molar-refractivity contribution < 1.29 is 18.8 Å². The van der Waals surface area contributed by atoms with Crippen LogP contribution in [0.4, 0.5) is 4.39 Å². The summed E-state index contributed by atoms with van der Waals surface area (Å²) in [7, 11) is 0. The minimum Gasteiger partial charge on any atom is -0.353 e. The standard InChI is InChI=1S/C22H31FN4O3/c1-14(2)12-26(21(29)15-3-4-15)18-11-19(20(28)25-10-9-24)27(13-18)22(30)16-5-7-17(23)8-6-16/h5-8,14-15,18-19H,3-4,9-13,24H2,1-2H3,(H,25,28). The molecule has 1 aromatic rings. The second kappa shape index (κ2) is 9.55. The quantitative estimate of drug-likeness (QED) is 0.667. The van der Waals surface area contributed by atoms with Crippen LogP contribution in [-0.4, -0.2) is 65.8 Å². The minimum atomic E-state index is -0.694. The molecule has 1 saturated carbocycles. The highest BCUT2D eigenvalue weighted by Crippen LogP contribution is 2.34. The summed E-state index contributed by atoms with van der Waals surface area (Å²) in [4.78, 5) is 42.2. The first-order valence-electron chi connectivity index (χ1n) is 10.7. The number of hydrogen-bond acceptors (Lipinski definition) is 4. The van der Waals surface area contributed by atoms with E-state index in [1.165, 1.54) is 29.2 Å². The van der Waals surface area contributed by atoms with Crippen LogP contribution in [0.15, 0.2) is 24.3 Å². The van der Waals surface area contributed by atoms with E-state index in [4.69, 9.17) is 5.73 Å². The lowest BCUT2D eigenvalue weighted by Crippen LogP contribution is -2.47. The Morgan fingerprint density at radius 1 is 1.23 bits per heavy atom. The Kier molecular flexibility index (Phi) is 7.07. The van der Waals surface area contributed by atoms with Gasteiger partial charge in [0.05, 0.1) is 6.04 Å². The average molecular weight is 419 g/mol. The number of benzene rings is 1. The molecular formula is C22H31FN4O3. The molecule has 1 heterocycles. The Morgan fingerprint density at radius 3 is 2.47 bits per heavy atom. The summed E-state index contributed by atoms with van der Waals surface area (Å²) in [5.41, 5.74) is 5.82. The van der Waals surface area contributed by atoms with E-state index in [0.29, 0.717) is 31.6 Å². The van der Waals surface area contributed by atoms with Crippen LogP contribution in [0.2, 0.25) is 0 Å². The molecule has 1 aromatic carbocycles. The zero-order chi connectivity index (χ0) is 21.8. The zero-order valence-electron chi connectivity index (χ0n) is 17.6. The molecule has 8 heteroatoms. The van der Waals surface area contributed by atoms with Gasteiger partial charge in [-0.3, -0.25) is 14.4 Å². The molecule has 30 heavy (non-hydrogen) atoms. The monoisotopic (exact) mass is 418 g/mol. The summed E-state index contributed by atoms with van der Waals surface area (Å²) in [6.45, 7) is 5.59. The van der Waals surface area contributed by atoms with Crippen molar-refractivity contribution in [2.45, 2.75) is 45.2 Å². The number of nitrogens with one attached hydrogen (secondary N) is 1. The van der Waals surface area contributed by atoms with Gasteiger partial charge in [-0.2, -0.15) is 0 Å². The Labute approximate surface area is 176 Å². The molecule has 2 fully saturated rings. The van der Waals surface area contributed by atoms with Crippen molar-refractivity contribution in [3.8, 4) is 0 Å². The first-order chi connectivity index (χ1) is 14.3. The van der Waals surface area contributed by atoms with Crippen molar-refractivity contribution in [1.29, 1.82) is 0 Å². The predicted octanol–water partition coefficient (Wildman–Crippen LogP) is 1.38. The van der Waals surface area contributed by atoms with Crippen LogP contribution >= 0.6 is 0 Å². The number of nitrogens with two attached hydrogens (primary N) is 1. The number of nitrogens with zero attached hydrogens (tertiary/aromatic N) is 2. The van der Waals surface area contributed by atoms with Crippen molar-refractivity contribution in [3.05, 3.63) is 35.6 Å². The number of rotatable bonds is 8. The lowest BCUT2D eigenvalue weighted by molar-refractivity contribution is -0.135. The Balaban J connectivity index is 1.84. The lowest BCUT2D eigenvalue weighted by Gasteiger charge is -2.31. The Bertz CT molecular complexity index is 779. The summed E-state index contributed by atoms with van der Waals surface area (Å²) in [5, 5.41) is 2.76. The minimum absolute atomic E-state index is 0.0649. The van der Waals surface area contributed by atoms with Gasteiger partial charge in [-0.1, -0.05) is 13.8 Å². The van der Waals surface area contributed by atoms with E-state index >= 15 is 0 Å². The summed E-state index contributed by atoms with van der Waals surface area (Å²) in [6.07, 6.45) is 2.19. The van der Waals surface area contributed by atoms with E-state index in [1.54, 1.807) is 0 Å². The number of carbonyl (C=O) groups excluding carboxylic acids is 3. The average Bonchev–Trinajstić information content (AvgIpc) is 3.48. The van der Waals surface area contributed by atoms with Gasteiger partial charge < -0.3 is 20.9 Å². The van der Waals surface area contributed by atoms with Crippen molar-refractivity contribution in [1.82, 2.24) is 15.1 Å². The first-order valence-corrected chi connectivity index (χ1v) is 10.7. The molecule has 164 valence electrons. The van der Waals surface area contributed by atoms with Gasteiger partial charge in [0.15, 0.2) is 0 Å². The largest absolute Gasteiger partial charge is 0.353 e. The fraction of sp³-hybridized carbons (Fsp3) is 0.591. The second-order valence-electron chi connectivity index (χ2n) is 8.61. The van der Waals surface area contributed by atoms with Crippen LogP contribution in [-0.2, 0) is 9.59 Å². The molecule has 3 amide bonds. The highest BCUT2D eigenvalue weighted by Gasteiger charge is 2.45. The van der Waals surface area contributed by atoms with Crippen molar-refractivity contribution in [3.63, 3.8) is 0 Å². The lowest BCUT2D eigenvalue weighted by atomic mass is 10.1. The van der Waals surface area contributed by atoms with Gasteiger partial charge >= 0.3 is 0 Å². The number of halogens is 1. The maximum absolute atomic E-state index is 13.3. The molecule has 7 nitrogen and oxygen atoms in total. The SMILES string of the molecule is CC(C)CN(C(=O)C1CC1)C1CC(C(=O)NCCN)N(C(=O)c2ccc(F)cc2)C1. The Morgan fingerprint density at radius 2 is 1.90 bits per heavy atom. The third-order valence-corrected chi connectivity index (χ3v) is 5.59. The van der Waals surface area contributed by atoms with Crippen LogP contribution in [0, 0.1) is 17.7 Å². The van der Waals surface area contributed by atoms with Crippen LogP contribution in [0.1, 0.15) is 43.5 Å². The van der Waals surface area contributed by atoms with Gasteiger partial charge in [-0.25, -0.2) is 4.39 Å². The van der Waals surface area contributed by atoms with Crippen LogP contribution in [0.25, 0.3) is 0 Å². The molecule has 0 spiro atoms. The fourth-order valence-electron chi connectivity index (χ4n) is 3.96. The van der Waals surface area contributed by atoms with E-state index < -0.39 is 11.9 Å². The number of likely N-dealkylation sites (tertiary alicyclic amines) is 1. The van der Waals surface area contributed by atoms with Gasteiger partial charge in [0.1, 0.15) is 11.9 Å². The van der Waals surface area contributed by atoms with Crippen LogP contribution in [0.3, 0.4) is 0 Å². The number of carbonyl (C=O) groups is 3. The van der Waals surface area contributed by atoms with Gasteiger partial charge in [-0.05, 0) is 49.4 Å². The topological polar surface area (TPSA) is 95.7 Å². The summed E-state index contributed by atoms with van der Waals surface area (Å²) >= 11 is 0. The van der Waals surface area contributed by atoms with Crippen molar-refractivity contribution in [2.75, 3.05) is 26.2 Å². The molecule has 1 saturated heterocycles. The first kappa shape index (κ1) is 22.2. The van der Waals surface area contributed by atoms with E-state index in [0.717, 1.165) is 12.8 Å². The van der Waals surface area contributed by atoms with Gasteiger partial charge in [0.25, 0.3) is 5.91 Å². The molecular weight excluding hydrogens is 387 g/mol. The van der Waals surface area contributed by atoms with Gasteiger partial charge in [0.2, 0.25) is 11.8 Å². The van der Waals surface area contributed by atoms with Crippen molar-refractivity contribution >= 4 is 17.7 Å². The van der Waals surface area contributed by atoms with E-state index in [9.17, 15) is 18.8 Å². The maximum Gasteiger partial charge on any atom is 0.254 e. The molecule has 0 bridgehead atoms. The Hall–Kier alpha value is -2.48. The van der Waals surface area contributed by atoms with Crippen LogP contribution in [0.5, 0.6) is 0 Å². The maximum atomic E-state index is 13.3. The van der Waals surface area contributed by atoms with Crippen molar-refractivity contribution in [2.24, 2.45) is 17.6 Å². The summed E-state index contributed by atoms with van der Waals surface area (Å²) in [5.74, 6) is -0.586. The molecule has 3 rings (SSSR count). The molecule has 2 unspecified atom stereocenters. The summed E-state index contributed by atoms with van der Waals surface area (Å²) in [6, 6.07) is 4.37. The van der Waals surface area contributed by atoms with Crippen LogP contribution < -0.4 is 11.1 Å². The highest BCUT2D eigenvalue weighted by molar-refractivity contribution is 5.98. The zero-order valence-corrected chi connectivity index (χ0v) is 17.6. The second-order valence-corrected chi connectivity index (χ2v) is 8.61. The molecule has 3 N–H and O–H groups in total.